The molecule has 2 heterocycles. The van der Waals surface area contributed by atoms with E-state index in [1.807, 2.05) is 0 Å². The molecular weight excluding hydrogens is 861 g/mol. The number of nitrogen functional groups attached to an aromatic ring is 2. The van der Waals surface area contributed by atoms with E-state index in [1.54, 1.807) is 22.7 Å². The zero-order valence-electron chi connectivity index (χ0n) is 37.1. The van der Waals surface area contributed by atoms with E-state index < -0.39 is 0 Å². The van der Waals surface area contributed by atoms with Gasteiger partial charge in [0.25, 0.3) is 0 Å². The highest BCUT2D eigenvalue weighted by Crippen LogP contribution is 2.58. The van der Waals surface area contributed by atoms with Gasteiger partial charge in [-0.25, -0.2) is 0 Å². The molecule has 0 amide bonds. The van der Waals surface area contributed by atoms with Gasteiger partial charge >= 0.3 is 0 Å². The average molecular weight is 905 g/mol. The molecule has 0 bridgehead atoms. The fraction of sp³-hybridized carbons (Fsp3) is 0. The molecule has 0 saturated carbocycles. The van der Waals surface area contributed by atoms with Crippen LogP contribution in [0.4, 0.5) is 11.4 Å². The maximum Gasteiger partial charge on any atom is 0.0640 e. The second-order valence-electron chi connectivity index (χ2n) is 17.1. The van der Waals surface area contributed by atoms with Crippen LogP contribution in [0, 0.1) is 0 Å². The highest BCUT2D eigenvalue weighted by atomic mass is 32.1. The van der Waals surface area contributed by atoms with Crippen LogP contribution in [0.15, 0.2) is 241 Å². The van der Waals surface area contributed by atoms with Crippen LogP contribution in [-0.4, -0.2) is 0 Å². The average Bonchev–Trinajstić information content (AvgIpc) is 4.16. The fourth-order valence-corrected chi connectivity index (χ4v) is 11.9. The lowest BCUT2D eigenvalue weighted by Gasteiger charge is -2.28. The summed E-state index contributed by atoms with van der Waals surface area (Å²) < 4.78 is 0. The topological polar surface area (TPSA) is 52.0 Å². The molecule has 0 aliphatic rings. The monoisotopic (exact) mass is 904 g/mol. The third-order valence-electron chi connectivity index (χ3n) is 13.3. The number of nitrogens with two attached hydrogens (primary N) is 2. The van der Waals surface area contributed by atoms with Crippen molar-refractivity contribution in [2.24, 2.45) is 0 Å². The van der Waals surface area contributed by atoms with Gasteiger partial charge in [-0.15, -0.1) is 22.7 Å². The molecule has 12 rings (SSSR count). The van der Waals surface area contributed by atoms with E-state index in [0.29, 0.717) is 11.4 Å². The zero-order valence-corrected chi connectivity index (χ0v) is 38.7. The summed E-state index contributed by atoms with van der Waals surface area (Å²) >= 11 is 3.50. The third-order valence-corrected chi connectivity index (χ3v) is 15.1. The first-order valence-corrected chi connectivity index (χ1v) is 24.7. The molecule has 2 aromatic heterocycles. The summed E-state index contributed by atoms with van der Waals surface area (Å²) in [5.41, 5.74) is 33.8. The first kappa shape index (κ1) is 41.2. The van der Waals surface area contributed by atoms with Crippen LogP contribution in [0.2, 0.25) is 0 Å². The standard InChI is InChI=1S/C64H44N2S2/c65-63-61(50-30-12-11-29-47(50)41-19-3-1-4-20-41)57(44-23-5-2-6-24-44)60(53-35-15-33-51(58(53)55-37-17-39-67-55)48-31-13-25-42-21-7-9-27-45(42)48)62(64(63)66)54-36-16-34-52(59(54)56-38-18-40-68-56)49-32-14-26-43-22-8-10-28-46(43)49/h1-40H,65-66H2. The number of anilines is 2. The van der Waals surface area contributed by atoms with E-state index in [0.717, 1.165) is 93.2 Å². The Labute approximate surface area is 404 Å². The van der Waals surface area contributed by atoms with Crippen molar-refractivity contribution in [1.29, 1.82) is 0 Å². The first-order valence-electron chi connectivity index (χ1n) is 22.9. The highest BCUT2D eigenvalue weighted by Gasteiger charge is 2.31. The normalized spacial score (nSPS) is 11.4. The van der Waals surface area contributed by atoms with Crippen LogP contribution >= 0.6 is 22.7 Å². The van der Waals surface area contributed by atoms with E-state index in [4.69, 9.17) is 11.5 Å². The van der Waals surface area contributed by atoms with Crippen molar-refractivity contribution in [3.63, 3.8) is 0 Å². The zero-order chi connectivity index (χ0) is 45.6. The number of hydrogen-bond donors (Lipinski definition) is 2. The Hall–Kier alpha value is -8.28. The molecule has 68 heavy (non-hydrogen) atoms. The van der Waals surface area contributed by atoms with E-state index >= 15 is 0 Å². The fourth-order valence-electron chi connectivity index (χ4n) is 10.3. The number of fused-ring (bicyclic) bond motifs is 2. The number of rotatable bonds is 9. The van der Waals surface area contributed by atoms with Gasteiger partial charge in [0.1, 0.15) is 0 Å². The molecule has 0 aliphatic heterocycles. The van der Waals surface area contributed by atoms with Gasteiger partial charge in [-0.2, -0.15) is 0 Å². The smallest absolute Gasteiger partial charge is 0.0640 e. The van der Waals surface area contributed by atoms with Gasteiger partial charge in [0.05, 0.1) is 11.4 Å². The molecule has 0 radical (unpaired) electrons. The van der Waals surface area contributed by atoms with E-state index in [9.17, 15) is 0 Å². The second kappa shape index (κ2) is 17.5. The lowest BCUT2D eigenvalue weighted by Crippen LogP contribution is -2.07. The van der Waals surface area contributed by atoms with E-state index in [1.165, 1.54) is 27.1 Å². The number of hydrogen-bond acceptors (Lipinski definition) is 4. The first-order chi connectivity index (χ1) is 33.6. The highest BCUT2D eigenvalue weighted by molar-refractivity contribution is 7.14. The maximum absolute atomic E-state index is 7.90. The van der Waals surface area contributed by atoms with Gasteiger partial charge < -0.3 is 11.5 Å². The lowest BCUT2D eigenvalue weighted by molar-refractivity contribution is 1.52. The molecular formula is C64H44N2S2. The summed E-state index contributed by atoms with van der Waals surface area (Å²) in [6, 6.07) is 82.9. The van der Waals surface area contributed by atoms with Crippen LogP contribution in [0.1, 0.15) is 0 Å². The number of thiophene rings is 2. The molecule has 4 N–H and O–H groups in total. The Balaban J connectivity index is 1.30. The quantitative estimate of drug-likeness (QED) is 0.142. The van der Waals surface area contributed by atoms with Gasteiger partial charge in [-0.1, -0.05) is 218 Å². The minimum Gasteiger partial charge on any atom is -0.397 e. The predicted molar refractivity (Wildman–Crippen MR) is 295 cm³/mol. The largest absolute Gasteiger partial charge is 0.397 e. The van der Waals surface area contributed by atoms with Crippen LogP contribution in [0.5, 0.6) is 0 Å². The third kappa shape index (κ3) is 7.01. The van der Waals surface area contributed by atoms with Crippen LogP contribution in [0.3, 0.4) is 0 Å². The van der Waals surface area contributed by atoms with Crippen molar-refractivity contribution in [3.8, 4) is 98.8 Å². The summed E-state index contributed by atoms with van der Waals surface area (Å²) in [5.74, 6) is 0. The van der Waals surface area contributed by atoms with Crippen molar-refractivity contribution < 1.29 is 0 Å². The molecule has 0 unspecified atom stereocenters. The molecule has 4 heteroatoms. The van der Waals surface area contributed by atoms with Crippen molar-refractivity contribution in [2.75, 3.05) is 11.5 Å². The SMILES string of the molecule is Nc1c(N)c(-c2cccc(-c3cccc4ccccc34)c2-c2cccs2)c(-c2cccc(-c3cccc4ccccc34)c2-c2cccs2)c(-c2ccccc2)c1-c1ccccc1-c1ccccc1. The summed E-state index contributed by atoms with van der Waals surface area (Å²) in [4.78, 5) is 2.31. The predicted octanol–water partition coefficient (Wildman–Crippen LogP) is 18.3. The summed E-state index contributed by atoms with van der Waals surface area (Å²) in [7, 11) is 0. The van der Waals surface area contributed by atoms with Crippen molar-refractivity contribution >= 4 is 55.6 Å². The molecule has 10 aromatic carbocycles. The Bertz CT molecular complexity index is 3790. The Morgan fingerprint density at radius 1 is 0.235 bits per heavy atom. The number of benzene rings is 10. The molecule has 2 nitrogen and oxygen atoms in total. The van der Waals surface area contributed by atoms with E-state index in [-0.39, 0.29) is 0 Å². The Morgan fingerprint density at radius 2 is 0.618 bits per heavy atom. The Morgan fingerprint density at radius 3 is 1.15 bits per heavy atom. The molecule has 0 saturated heterocycles. The van der Waals surface area contributed by atoms with Gasteiger partial charge in [-0.05, 0) is 100 Å². The summed E-state index contributed by atoms with van der Waals surface area (Å²) in [5, 5.41) is 9.12. The van der Waals surface area contributed by atoms with Gasteiger partial charge in [0.2, 0.25) is 0 Å². The van der Waals surface area contributed by atoms with E-state index in [2.05, 4.69) is 241 Å². The minimum atomic E-state index is 0.540. The lowest BCUT2D eigenvalue weighted by atomic mass is 9.76. The van der Waals surface area contributed by atoms with Crippen LogP contribution in [0.25, 0.3) is 120 Å². The molecule has 0 aliphatic carbocycles. The Kier molecular flexibility index (Phi) is 10.6. The maximum atomic E-state index is 7.90. The van der Waals surface area contributed by atoms with Crippen molar-refractivity contribution in [1.82, 2.24) is 0 Å². The molecule has 0 atom stereocenters. The van der Waals surface area contributed by atoms with Crippen molar-refractivity contribution in [2.45, 2.75) is 0 Å². The molecule has 0 fully saturated rings. The molecule has 12 aromatic rings. The van der Waals surface area contributed by atoms with Gasteiger partial charge in [0.15, 0.2) is 0 Å². The molecule has 0 spiro atoms. The summed E-state index contributed by atoms with van der Waals surface area (Å²) in [6.45, 7) is 0. The second-order valence-corrected chi connectivity index (χ2v) is 19.0. The minimum absolute atomic E-state index is 0.540. The van der Waals surface area contributed by atoms with Crippen molar-refractivity contribution in [3.05, 3.63) is 241 Å². The van der Waals surface area contributed by atoms with Crippen LogP contribution in [-0.2, 0) is 0 Å². The molecule has 322 valence electrons. The summed E-state index contributed by atoms with van der Waals surface area (Å²) in [6.07, 6.45) is 0. The van der Waals surface area contributed by atoms with Gasteiger partial charge in [0, 0.05) is 43.1 Å². The van der Waals surface area contributed by atoms with Gasteiger partial charge in [-0.3, -0.25) is 0 Å². The van der Waals surface area contributed by atoms with Crippen LogP contribution < -0.4 is 11.5 Å².